The second-order valence-electron chi connectivity index (χ2n) is 4.61. The summed E-state index contributed by atoms with van der Waals surface area (Å²) in [7, 11) is 0. The zero-order valence-corrected chi connectivity index (χ0v) is 9.67. The van der Waals surface area contributed by atoms with Gasteiger partial charge in [0.1, 0.15) is 0 Å². The Morgan fingerprint density at radius 1 is 1.07 bits per heavy atom. The number of hydrogen-bond acceptors (Lipinski definition) is 1. The standard InChI is InChI=1S/C13H22O2/c1-11(13(14)15)10-12-8-6-4-2-3-5-7-9-12/h10,12H,2-9H2,1H3,(H,14,15). The quantitative estimate of drug-likeness (QED) is 0.704. The summed E-state index contributed by atoms with van der Waals surface area (Å²) in [5.41, 5.74) is 0.513. The maximum Gasteiger partial charge on any atom is 0.330 e. The van der Waals surface area contributed by atoms with Crippen LogP contribution in [0.3, 0.4) is 0 Å². The number of carboxylic acid groups (broad SMARTS) is 1. The fourth-order valence-electron chi connectivity index (χ4n) is 2.26. The van der Waals surface area contributed by atoms with Gasteiger partial charge in [0.05, 0.1) is 0 Å². The van der Waals surface area contributed by atoms with Crippen molar-refractivity contribution in [3.63, 3.8) is 0 Å². The normalized spacial score (nSPS) is 21.5. The Kier molecular flexibility index (Phi) is 5.44. The van der Waals surface area contributed by atoms with E-state index < -0.39 is 5.97 Å². The van der Waals surface area contributed by atoms with Crippen LogP contribution in [0.5, 0.6) is 0 Å². The van der Waals surface area contributed by atoms with E-state index in [9.17, 15) is 4.79 Å². The highest BCUT2D eigenvalue weighted by Crippen LogP contribution is 2.23. The van der Waals surface area contributed by atoms with Crippen molar-refractivity contribution in [2.45, 2.75) is 58.3 Å². The summed E-state index contributed by atoms with van der Waals surface area (Å²) in [6, 6.07) is 0. The summed E-state index contributed by atoms with van der Waals surface area (Å²) in [5.74, 6) is -0.269. The zero-order chi connectivity index (χ0) is 11.1. The van der Waals surface area contributed by atoms with Crippen LogP contribution in [0.1, 0.15) is 58.3 Å². The first-order valence-electron chi connectivity index (χ1n) is 6.12. The number of carbonyl (C=O) groups is 1. The van der Waals surface area contributed by atoms with Crippen molar-refractivity contribution < 1.29 is 9.90 Å². The van der Waals surface area contributed by atoms with Crippen molar-refractivity contribution in [3.8, 4) is 0 Å². The Hall–Kier alpha value is -0.790. The smallest absolute Gasteiger partial charge is 0.330 e. The van der Waals surface area contributed by atoms with Gasteiger partial charge in [0.2, 0.25) is 0 Å². The molecule has 0 aromatic carbocycles. The van der Waals surface area contributed by atoms with Gasteiger partial charge in [-0.2, -0.15) is 0 Å². The second kappa shape index (κ2) is 6.65. The van der Waals surface area contributed by atoms with Crippen molar-refractivity contribution >= 4 is 5.97 Å². The largest absolute Gasteiger partial charge is 0.478 e. The first kappa shape index (κ1) is 12.3. The molecule has 1 saturated carbocycles. The van der Waals surface area contributed by atoms with Crippen LogP contribution in [0.15, 0.2) is 11.6 Å². The molecule has 0 spiro atoms. The number of rotatable bonds is 2. The summed E-state index contributed by atoms with van der Waals surface area (Å²) >= 11 is 0. The lowest BCUT2D eigenvalue weighted by atomic mass is 9.95. The molecule has 0 heterocycles. The van der Waals surface area contributed by atoms with E-state index in [-0.39, 0.29) is 0 Å². The van der Waals surface area contributed by atoms with E-state index in [1.54, 1.807) is 6.92 Å². The van der Waals surface area contributed by atoms with E-state index >= 15 is 0 Å². The molecule has 1 N–H and O–H groups in total. The number of hydrogen-bond donors (Lipinski definition) is 1. The third-order valence-electron chi connectivity index (χ3n) is 3.22. The predicted molar refractivity (Wildman–Crippen MR) is 61.8 cm³/mol. The molecule has 1 aliphatic carbocycles. The van der Waals surface area contributed by atoms with Crippen molar-refractivity contribution in [3.05, 3.63) is 11.6 Å². The molecule has 0 aromatic heterocycles. The van der Waals surface area contributed by atoms with Gasteiger partial charge in [-0.25, -0.2) is 4.79 Å². The van der Waals surface area contributed by atoms with Gasteiger partial charge in [0, 0.05) is 5.57 Å². The Bertz CT molecular complexity index is 221. The molecule has 0 aliphatic heterocycles. The van der Waals surface area contributed by atoms with Crippen LogP contribution in [0.4, 0.5) is 0 Å². The Morgan fingerprint density at radius 3 is 2.00 bits per heavy atom. The van der Waals surface area contributed by atoms with E-state index in [4.69, 9.17) is 5.11 Å². The first-order chi connectivity index (χ1) is 7.20. The van der Waals surface area contributed by atoms with Gasteiger partial charge in [-0.15, -0.1) is 0 Å². The maximum atomic E-state index is 10.7. The van der Waals surface area contributed by atoms with Crippen molar-refractivity contribution in [1.82, 2.24) is 0 Å². The van der Waals surface area contributed by atoms with E-state index in [1.165, 1.54) is 51.4 Å². The van der Waals surface area contributed by atoms with Crippen LogP contribution in [0, 0.1) is 5.92 Å². The Labute approximate surface area is 92.4 Å². The summed E-state index contributed by atoms with van der Waals surface area (Å²) in [6.07, 6.45) is 12.2. The summed E-state index contributed by atoms with van der Waals surface area (Å²) in [4.78, 5) is 10.7. The van der Waals surface area contributed by atoms with Crippen molar-refractivity contribution in [2.24, 2.45) is 5.92 Å². The predicted octanol–water partition coefficient (Wildman–Crippen LogP) is 3.77. The van der Waals surface area contributed by atoms with Crippen LogP contribution in [0.25, 0.3) is 0 Å². The summed E-state index contributed by atoms with van der Waals surface area (Å²) in [6.45, 7) is 1.70. The molecule has 0 unspecified atom stereocenters. The van der Waals surface area contributed by atoms with Crippen LogP contribution < -0.4 is 0 Å². The lowest BCUT2D eigenvalue weighted by Gasteiger charge is -2.11. The molecule has 0 bridgehead atoms. The van der Waals surface area contributed by atoms with Crippen LogP contribution >= 0.6 is 0 Å². The van der Waals surface area contributed by atoms with Gasteiger partial charge in [-0.05, 0) is 25.7 Å². The summed E-state index contributed by atoms with van der Waals surface area (Å²) in [5, 5.41) is 8.83. The van der Waals surface area contributed by atoms with Crippen molar-refractivity contribution in [1.29, 1.82) is 0 Å². The molecule has 0 atom stereocenters. The molecule has 0 saturated heterocycles. The third kappa shape index (κ3) is 5.01. The second-order valence-corrected chi connectivity index (χ2v) is 4.61. The van der Waals surface area contributed by atoms with Crippen LogP contribution in [-0.4, -0.2) is 11.1 Å². The van der Waals surface area contributed by atoms with E-state index in [2.05, 4.69) is 0 Å². The van der Waals surface area contributed by atoms with Gasteiger partial charge in [0.15, 0.2) is 0 Å². The van der Waals surface area contributed by atoms with Gasteiger partial charge in [-0.1, -0.05) is 44.6 Å². The molecule has 86 valence electrons. The van der Waals surface area contributed by atoms with Gasteiger partial charge in [-0.3, -0.25) is 0 Å². The van der Waals surface area contributed by atoms with E-state index in [0.717, 1.165) is 0 Å². The minimum Gasteiger partial charge on any atom is -0.478 e. The molecule has 15 heavy (non-hydrogen) atoms. The topological polar surface area (TPSA) is 37.3 Å². The molecule has 0 radical (unpaired) electrons. The van der Waals surface area contributed by atoms with Crippen LogP contribution in [0.2, 0.25) is 0 Å². The summed E-state index contributed by atoms with van der Waals surface area (Å²) < 4.78 is 0. The van der Waals surface area contributed by atoms with Gasteiger partial charge >= 0.3 is 5.97 Å². The minimum absolute atomic E-state index is 0.499. The van der Waals surface area contributed by atoms with Crippen LogP contribution in [-0.2, 0) is 4.79 Å². The lowest BCUT2D eigenvalue weighted by Crippen LogP contribution is -2.02. The molecule has 2 nitrogen and oxygen atoms in total. The molecule has 1 rings (SSSR count). The first-order valence-corrected chi connectivity index (χ1v) is 6.12. The number of carboxylic acids is 1. The molecule has 0 aromatic rings. The van der Waals surface area contributed by atoms with Crippen molar-refractivity contribution in [2.75, 3.05) is 0 Å². The minimum atomic E-state index is -0.769. The average Bonchev–Trinajstić information content (AvgIpc) is 2.31. The lowest BCUT2D eigenvalue weighted by molar-refractivity contribution is -0.132. The number of aliphatic carboxylic acids is 1. The highest BCUT2D eigenvalue weighted by molar-refractivity contribution is 5.85. The fraction of sp³-hybridized carbons (Fsp3) is 0.769. The van der Waals surface area contributed by atoms with E-state index in [0.29, 0.717) is 11.5 Å². The highest BCUT2D eigenvalue weighted by Gasteiger charge is 2.10. The maximum absolute atomic E-state index is 10.7. The zero-order valence-electron chi connectivity index (χ0n) is 9.67. The Morgan fingerprint density at radius 2 is 1.53 bits per heavy atom. The van der Waals surface area contributed by atoms with Gasteiger partial charge in [0.25, 0.3) is 0 Å². The fourth-order valence-corrected chi connectivity index (χ4v) is 2.26. The average molecular weight is 210 g/mol. The molecule has 2 heteroatoms. The molecule has 0 amide bonds. The monoisotopic (exact) mass is 210 g/mol. The third-order valence-corrected chi connectivity index (χ3v) is 3.22. The molecule has 1 aliphatic rings. The highest BCUT2D eigenvalue weighted by atomic mass is 16.4. The molecular weight excluding hydrogens is 188 g/mol. The SMILES string of the molecule is CC(=CC1CCCCCCCC1)C(=O)O. The van der Waals surface area contributed by atoms with E-state index in [1.807, 2.05) is 6.08 Å². The van der Waals surface area contributed by atoms with Gasteiger partial charge < -0.3 is 5.11 Å². The number of allylic oxidation sites excluding steroid dienone is 1. The Balaban J connectivity index is 2.49. The molecule has 1 fully saturated rings. The molecular formula is C13H22O2.